The minimum absolute atomic E-state index is 0.487. The summed E-state index contributed by atoms with van der Waals surface area (Å²) in [5, 5.41) is 0. The minimum Gasteiger partial charge on any atom is -0.377 e. The second kappa shape index (κ2) is 10.2. The lowest BCUT2D eigenvalue weighted by molar-refractivity contribution is 0.0355. The van der Waals surface area contributed by atoms with Crippen LogP contribution in [0.4, 0.5) is 0 Å². The molecule has 4 aliphatic heterocycles. The average Bonchev–Trinajstić information content (AvgIpc) is 3.38. The summed E-state index contributed by atoms with van der Waals surface area (Å²) >= 11 is 0. The van der Waals surface area contributed by atoms with Crippen LogP contribution in [0.15, 0.2) is 0 Å². The quantitative estimate of drug-likeness (QED) is 0.506. The first kappa shape index (κ1) is 24.9. The maximum absolute atomic E-state index is 6.17. The molecule has 0 amide bonds. The number of rotatable bonds is 7. The fraction of sp³-hybridized carbons (Fsp3) is 1.00. The van der Waals surface area contributed by atoms with Gasteiger partial charge in [-0.3, -0.25) is 0 Å². The molecular weight excluding hydrogens is 396 g/mol. The maximum atomic E-state index is 6.17. The Morgan fingerprint density at radius 3 is 1.25 bits per heavy atom. The molecule has 4 rings (SSSR count). The van der Waals surface area contributed by atoms with Crippen molar-refractivity contribution in [2.75, 3.05) is 39.4 Å². The van der Waals surface area contributed by atoms with Crippen LogP contribution in [0.3, 0.4) is 0 Å². The number of hydrogen-bond acceptors (Lipinski definition) is 4. The molecule has 0 aliphatic carbocycles. The molecule has 4 saturated heterocycles. The SMILES string of the molecule is CC(C)C1CC2(CCN(C(C)CCC(C)N3CCC4(CC3)COC(C(C)C)C4)CC2)CO1. The van der Waals surface area contributed by atoms with Gasteiger partial charge in [-0.2, -0.15) is 0 Å². The van der Waals surface area contributed by atoms with Gasteiger partial charge in [0.15, 0.2) is 0 Å². The van der Waals surface area contributed by atoms with Crippen LogP contribution in [0, 0.1) is 22.7 Å². The molecule has 4 heterocycles. The molecule has 4 heteroatoms. The van der Waals surface area contributed by atoms with Crippen LogP contribution in [0.2, 0.25) is 0 Å². The second-order valence-electron chi connectivity index (χ2n) is 12.9. The molecule has 4 nitrogen and oxygen atoms in total. The molecule has 0 aromatic carbocycles. The van der Waals surface area contributed by atoms with Crippen LogP contribution in [0.1, 0.15) is 92.9 Å². The molecule has 0 saturated carbocycles. The highest BCUT2D eigenvalue weighted by atomic mass is 16.5. The van der Waals surface area contributed by atoms with E-state index in [9.17, 15) is 0 Å². The van der Waals surface area contributed by atoms with Crippen LogP contribution in [-0.2, 0) is 9.47 Å². The van der Waals surface area contributed by atoms with Gasteiger partial charge in [0.1, 0.15) is 0 Å². The number of piperidine rings is 2. The van der Waals surface area contributed by atoms with Gasteiger partial charge in [-0.15, -0.1) is 0 Å². The molecule has 4 fully saturated rings. The Morgan fingerprint density at radius 2 is 0.969 bits per heavy atom. The lowest BCUT2D eigenvalue weighted by Gasteiger charge is -2.43. The van der Waals surface area contributed by atoms with Crippen molar-refractivity contribution in [2.24, 2.45) is 22.7 Å². The lowest BCUT2D eigenvalue weighted by Crippen LogP contribution is -2.46. The summed E-state index contributed by atoms with van der Waals surface area (Å²) < 4.78 is 12.3. The topological polar surface area (TPSA) is 24.9 Å². The first-order valence-corrected chi connectivity index (χ1v) is 13.9. The van der Waals surface area contributed by atoms with Gasteiger partial charge in [-0.25, -0.2) is 0 Å². The first-order chi connectivity index (χ1) is 15.2. The summed E-state index contributed by atoms with van der Waals surface area (Å²) in [7, 11) is 0. The molecule has 2 spiro atoms. The van der Waals surface area contributed by atoms with Crippen molar-refractivity contribution in [1.82, 2.24) is 9.80 Å². The molecule has 4 atom stereocenters. The summed E-state index contributed by atoms with van der Waals surface area (Å²) in [5.74, 6) is 1.32. The van der Waals surface area contributed by atoms with Gasteiger partial charge in [0.25, 0.3) is 0 Å². The summed E-state index contributed by atoms with van der Waals surface area (Å²) in [6, 6.07) is 1.42. The second-order valence-corrected chi connectivity index (χ2v) is 12.9. The van der Waals surface area contributed by atoms with Gasteiger partial charge in [-0.05, 0) is 114 Å². The van der Waals surface area contributed by atoms with Gasteiger partial charge < -0.3 is 19.3 Å². The Balaban J connectivity index is 1.16. The fourth-order valence-corrected chi connectivity index (χ4v) is 6.94. The Labute approximate surface area is 198 Å². The van der Waals surface area contributed by atoms with E-state index in [0.717, 1.165) is 13.2 Å². The van der Waals surface area contributed by atoms with Crippen LogP contribution in [0.5, 0.6) is 0 Å². The van der Waals surface area contributed by atoms with Gasteiger partial charge in [-0.1, -0.05) is 27.7 Å². The Kier molecular flexibility index (Phi) is 7.97. The van der Waals surface area contributed by atoms with E-state index < -0.39 is 0 Å². The van der Waals surface area contributed by atoms with E-state index >= 15 is 0 Å². The third kappa shape index (κ3) is 5.56. The van der Waals surface area contributed by atoms with Crippen molar-refractivity contribution in [3.05, 3.63) is 0 Å². The van der Waals surface area contributed by atoms with E-state index in [1.54, 1.807) is 0 Å². The lowest BCUT2D eigenvalue weighted by atomic mass is 9.75. The maximum Gasteiger partial charge on any atom is 0.0604 e. The highest BCUT2D eigenvalue weighted by Crippen LogP contribution is 2.45. The number of likely N-dealkylation sites (tertiary alicyclic amines) is 2. The summed E-state index contributed by atoms with van der Waals surface area (Å²) in [4.78, 5) is 5.54. The van der Waals surface area contributed by atoms with Gasteiger partial charge >= 0.3 is 0 Å². The normalized spacial score (nSPS) is 33.0. The van der Waals surface area contributed by atoms with Crippen LogP contribution < -0.4 is 0 Å². The van der Waals surface area contributed by atoms with Crippen molar-refractivity contribution in [3.8, 4) is 0 Å². The molecule has 186 valence electrons. The summed E-state index contributed by atoms with van der Waals surface area (Å²) in [5.41, 5.74) is 0.974. The zero-order chi connectivity index (χ0) is 22.9. The van der Waals surface area contributed by atoms with Crippen LogP contribution in [-0.4, -0.2) is 73.5 Å². The molecule has 0 aromatic heterocycles. The van der Waals surface area contributed by atoms with E-state index in [1.165, 1.54) is 77.5 Å². The zero-order valence-corrected chi connectivity index (χ0v) is 22.1. The smallest absolute Gasteiger partial charge is 0.0604 e. The highest BCUT2D eigenvalue weighted by Gasteiger charge is 2.45. The van der Waals surface area contributed by atoms with Crippen molar-refractivity contribution in [1.29, 1.82) is 0 Å². The number of nitrogens with zero attached hydrogens (tertiary/aromatic N) is 2. The van der Waals surface area contributed by atoms with Crippen molar-refractivity contribution in [3.63, 3.8) is 0 Å². The van der Waals surface area contributed by atoms with Gasteiger partial charge in [0.2, 0.25) is 0 Å². The zero-order valence-electron chi connectivity index (χ0n) is 22.1. The third-order valence-corrected chi connectivity index (χ3v) is 9.93. The Hall–Kier alpha value is -0.160. The Bertz CT molecular complexity index is 538. The molecule has 4 aliphatic rings. The van der Waals surface area contributed by atoms with E-state index in [-0.39, 0.29) is 0 Å². The van der Waals surface area contributed by atoms with E-state index in [4.69, 9.17) is 9.47 Å². The largest absolute Gasteiger partial charge is 0.377 e. The molecule has 4 unspecified atom stereocenters. The monoisotopic (exact) mass is 448 g/mol. The number of ether oxygens (including phenoxy) is 2. The van der Waals surface area contributed by atoms with Crippen LogP contribution in [0.25, 0.3) is 0 Å². The predicted molar refractivity (Wildman–Crippen MR) is 133 cm³/mol. The van der Waals surface area contributed by atoms with Crippen molar-refractivity contribution < 1.29 is 9.47 Å². The van der Waals surface area contributed by atoms with Gasteiger partial charge in [0, 0.05) is 12.1 Å². The van der Waals surface area contributed by atoms with Crippen molar-refractivity contribution in [2.45, 2.75) is 117 Å². The molecule has 0 radical (unpaired) electrons. The van der Waals surface area contributed by atoms with E-state index in [1.807, 2.05) is 0 Å². The van der Waals surface area contributed by atoms with E-state index in [0.29, 0.717) is 47.0 Å². The fourth-order valence-electron chi connectivity index (χ4n) is 6.94. The number of hydrogen-bond donors (Lipinski definition) is 0. The van der Waals surface area contributed by atoms with E-state index in [2.05, 4.69) is 51.3 Å². The summed E-state index contributed by atoms with van der Waals surface area (Å²) in [6.07, 6.45) is 11.6. The Morgan fingerprint density at radius 1 is 0.625 bits per heavy atom. The van der Waals surface area contributed by atoms with Crippen molar-refractivity contribution >= 4 is 0 Å². The first-order valence-electron chi connectivity index (χ1n) is 13.9. The summed E-state index contributed by atoms with van der Waals surface area (Å²) in [6.45, 7) is 21.3. The highest BCUT2D eigenvalue weighted by molar-refractivity contribution is 4.95. The molecule has 0 bridgehead atoms. The molecule has 0 N–H and O–H groups in total. The molecule has 0 aromatic rings. The van der Waals surface area contributed by atoms with Gasteiger partial charge in [0.05, 0.1) is 25.4 Å². The third-order valence-electron chi connectivity index (χ3n) is 9.93. The molecule has 32 heavy (non-hydrogen) atoms. The minimum atomic E-state index is 0.487. The predicted octanol–water partition coefficient (Wildman–Crippen LogP) is 5.60. The average molecular weight is 449 g/mol. The van der Waals surface area contributed by atoms with Crippen LogP contribution >= 0.6 is 0 Å². The molecular formula is C28H52N2O2. The standard InChI is InChI=1S/C28H52N2O2/c1-21(2)25-17-27(19-31-25)9-13-29(14-10-27)23(5)7-8-24(6)30-15-11-28(12-16-30)18-26(22(3)4)32-20-28/h21-26H,7-20H2,1-6H3.